The molecule has 0 aliphatic heterocycles. The van der Waals surface area contributed by atoms with E-state index in [1.54, 1.807) is 14.0 Å². The van der Waals surface area contributed by atoms with Gasteiger partial charge in [0.15, 0.2) is 0 Å². The third-order valence-corrected chi connectivity index (χ3v) is 8.86. The standard InChI is InChI=1S/C22H26N2O5S2/c1-3-29-22(26)19-17-6-4-5-7-18(17)30-21(19)23-20(25)14-8-12-16(13-9-14)31(27,28)24(2)15-10-11-15/h8-9,12-13,15H,3-7,10-11H2,1-2H3,(H,23,25). The molecule has 1 heterocycles. The lowest BCUT2D eigenvalue weighted by Gasteiger charge is -2.16. The van der Waals surface area contributed by atoms with Gasteiger partial charge >= 0.3 is 5.97 Å². The molecule has 0 radical (unpaired) electrons. The molecule has 0 spiro atoms. The van der Waals surface area contributed by atoms with E-state index in [1.807, 2.05) is 0 Å². The maximum absolute atomic E-state index is 12.9. The van der Waals surface area contributed by atoms with Crippen molar-refractivity contribution in [1.29, 1.82) is 0 Å². The van der Waals surface area contributed by atoms with Crippen LogP contribution in [0.2, 0.25) is 0 Å². The van der Waals surface area contributed by atoms with E-state index in [0.717, 1.165) is 49.0 Å². The zero-order chi connectivity index (χ0) is 22.2. The fourth-order valence-electron chi connectivity index (χ4n) is 3.83. The van der Waals surface area contributed by atoms with Crippen molar-refractivity contribution in [3.8, 4) is 0 Å². The number of ether oxygens (including phenoxy) is 1. The van der Waals surface area contributed by atoms with E-state index in [4.69, 9.17) is 4.74 Å². The number of aryl methyl sites for hydroxylation is 1. The number of rotatable bonds is 7. The Morgan fingerprint density at radius 2 is 1.84 bits per heavy atom. The second kappa shape index (κ2) is 8.72. The summed E-state index contributed by atoms with van der Waals surface area (Å²) >= 11 is 1.43. The van der Waals surface area contributed by atoms with Gasteiger partial charge in [0.05, 0.1) is 17.1 Å². The van der Waals surface area contributed by atoms with E-state index in [2.05, 4.69) is 5.32 Å². The van der Waals surface area contributed by atoms with Crippen LogP contribution in [0.15, 0.2) is 29.2 Å². The summed E-state index contributed by atoms with van der Waals surface area (Å²) in [5.74, 6) is -0.801. The maximum Gasteiger partial charge on any atom is 0.341 e. The van der Waals surface area contributed by atoms with E-state index < -0.39 is 16.0 Å². The van der Waals surface area contributed by atoms with E-state index in [9.17, 15) is 18.0 Å². The largest absolute Gasteiger partial charge is 0.462 e. The Bertz CT molecular complexity index is 1100. The average Bonchev–Trinajstić information content (AvgIpc) is 3.54. The molecule has 0 atom stereocenters. The summed E-state index contributed by atoms with van der Waals surface area (Å²) in [7, 11) is -1.97. The van der Waals surface area contributed by atoms with Gasteiger partial charge in [0.1, 0.15) is 5.00 Å². The molecule has 2 aliphatic rings. The minimum absolute atomic E-state index is 0.0686. The lowest BCUT2D eigenvalue weighted by molar-refractivity contribution is 0.0526. The molecule has 0 saturated heterocycles. The minimum atomic E-state index is -3.56. The van der Waals surface area contributed by atoms with Gasteiger partial charge in [-0.3, -0.25) is 4.79 Å². The van der Waals surface area contributed by atoms with Gasteiger partial charge in [0.2, 0.25) is 10.0 Å². The molecule has 4 rings (SSSR count). The minimum Gasteiger partial charge on any atom is -0.462 e. The van der Waals surface area contributed by atoms with Crippen LogP contribution in [-0.4, -0.2) is 44.3 Å². The van der Waals surface area contributed by atoms with Gasteiger partial charge in [-0.2, -0.15) is 4.31 Å². The van der Waals surface area contributed by atoms with Crippen LogP contribution in [0.4, 0.5) is 5.00 Å². The number of anilines is 1. The SMILES string of the molecule is CCOC(=O)c1c(NC(=O)c2ccc(S(=O)(=O)N(C)C3CC3)cc2)sc2c1CCCC2. The number of hydrogen-bond acceptors (Lipinski definition) is 6. The lowest BCUT2D eigenvalue weighted by Crippen LogP contribution is -2.29. The molecule has 31 heavy (non-hydrogen) atoms. The number of nitrogens with one attached hydrogen (secondary N) is 1. The molecular formula is C22H26N2O5S2. The second-order valence-electron chi connectivity index (χ2n) is 7.87. The van der Waals surface area contributed by atoms with E-state index in [-0.39, 0.29) is 23.5 Å². The van der Waals surface area contributed by atoms with Gasteiger partial charge in [0.25, 0.3) is 5.91 Å². The molecule has 166 valence electrons. The molecule has 7 nitrogen and oxygen atoms in total. The van der Waals surface area contributed by atoms with Crippen molar-refractivity contribution in [2.24, 2.45) is 0 Å². The van der Waals surface area contributed by atoms with E-state index in [0.29, 0.717) is 16.1 Å². The van der Waals surface area contributed by atoms with E-state index in [1.165, 1.54) is 39.9 Å². The number of fused-ring (bicyclic) bond motifs is 1. The first kappa shape index (κ1) is 22.0. The lowest BCUT2D eigenvalue weighted by atomic mass is 9.95. The van der Waals surface area contributed by atoms with Crippen molar-refractivity contribution in [1.82, 2.24) is 4.31 Å². The summed E-state index contributed by atoms with van der Waals surface area (Å²) in [5.41, 5.74) is 1.77. The summed E-state index contributed by atoms with van der Waals surface area (Å²) < 4.78 is 31.9. The summed E-state index contributed by atoms with van der Waals surface area (Å²) in [5, 5.41) is 3.35. The monoisotopic (exact) mass is 462 g/mol. The number of benzene rings is 1. The molecule has 0 bridgehead atoms. The number of thiophene rings is 1. The van der Waals surface area contributed by atoms with Crippen LogP contribution in [0.1, 0.15) is 63.8 Å². The third kappa shape index (κ3) is 4.40. The molecule has 1 fully saturated rings. The average molecular weight is 463 g/mol. The van der Waals surface area contributed by atoms with E-state index >= 15 is 0 Å². The van der Waals surface area contributed by atoms with Gasteiger partial charge < -0.3 is 10.1 Å². The fourth-order valence-corrected chi connectivity index (χ4v) is 6.52. The normalized spacial score (nSPS) is 16.1. The van der Waals surface area contributed by atoms with Gasteiger partial charge in [-0.1, -0.05) is 0 Å². The second-order valence-corrected chi connectivity index (χ2v) is 11.0. The van der Waals surface area contributed by atoms with Gasteiger partial charge in [0, 0.05) is 23.5 Å². The predicted octanol–water partition coefficient (Wildman–Crippen LogP) is 3.84. The third-order valence-electron chi connectivity index (χ3n) is 5.73. The van der Waals surface area contributed by atoms with Crippen LogP contribution in [0.5, 0.6) is 0 Å². The molecule has 1 amide bonds. The number of carbonyl (C=O) groups is 2. The number of sulfonamides is 1. The zero-order valence-electron chi connectivity index (χ0n) is 17.6. The van der Waals surface area contributed by atoms with Crippen LogP contribution < -0.4 is 5.32 Å². The Morgan fingerprint density at radius 3 is 2.48 bits per heavy atom. The Kier molecular flexibility index (Phi) is 6.18. The van der Waals surface area contributed by atoms with Crippen molar-refractivity contribution in [3.05, 3.63) is 45.8 Å². The first-order valence-corrected chi connectivity index (χ1v) is 12.8. The Hall–Kier alpha value is -2.23. The molecule has 9 heteroatoms. The number of hydrogen-bond donors (Lipinski definition) is 1. The first-order chi connectivity index (χ1) is 14.8. The van der Waals surface area contributed by atoms with Crippen LogP contribution in [0.25, 0.3) is 0 Å². The van der Waals surface area contributed by atoms with Gasteiger partial charge in [-0.05, 0) is 75.3 Å². The van der Waals surface area contributed by atoms with Crippen LogP contribution in [-0.2, 0) is 27.6 Å². The number of nitrogens with zero attached hydrogens (tertiary/aromatic N) is 1. The molecule has 2 aromatic rings. The molecular weight excluding hydrogens is 436 g/mol. The first-order valence-electron chi connectivity index (χ1n) is 10.5. The fraction of sp³-hybridized carbons (Fsp3) is 0.455. The summed E-state index contributed by atoms with van der Waals surface area (Å²) in [6.45, 7) is 2.02. The van der Waals surface area contributed by atoms with Crippen molar-refractivity contribution in [2.45, 2.75) is 56.4 Å². The molecule has 1 aromatic heterocycles. The van der Waals surface area contributed by atoms with Crippen molar-refractivity contribution >= 4 is 38.2 Å². The maximum atomic E-state index is 12.9. The van der Waals surface area contributed by atoms with Crippen molar-refractivity contribution in [2.75, 3.05) is 19.0 Å². The van der Waals surface area contributed by atoms with Crippen molar-refractivity contribution < 1.29 is 22.7 Å². The predicted molar refractivity (Wildman–Crippen MR) is 119 cm³/mol. The highest BCUT2D eigenvalue weighted by Crippen LogP contribution is 2.39. The highest BCUT2D eigenvalue weighted by molar-refractivity contribution is 7.89. The summed E-state index contributed by atoms with van der Waals surface area (Å²) in [4.78, 5) is 26.7. The van der Waals surface area contributed by atoms with Crippen LogP contribution in [0.3, 0.4) is 0 Å². The molecule has 1 aromatic carbocycles. The number of esters is 1. The summed E-state index contributed by atoms with van der Waals surface area (Å²) in [6.07, 6.45) is 5.52. The Morgan fingerprint density at radius 1 is 1.16 bits per heavy atom. The van der Waals surface area contributed by atoms with Gasteiger partial charge in [-0.25, -0.2) is 13.2 Å². The highest BCUT2D eigenvalue weighted by Gasteiger charge is 2.35. The highest BCUT2D eigenvalue weighted by atomic mass is 32.2. The molecule has 1 N–H and O–H groups in total. The summed E-state index contributed by atoms with van der Waals surface area (Å²) in [6, 6.07) is 5.98. The molecule has 2 aliphatic carbocycles. The van der Waals surface area contributed by atoms with Crippen LogP contribution in [0, 0.1) is 0 Å². The smallest absolute Gasteiger partial charge is 0.341 e. The van der Waals surface area contributed by atoms with Crippen LogP contribution >= 0.6 is 11.3 Å². The Balaban J connectivity index is 1.56. The number of carbonyl (C=O) groups excluding carboxylic acids is 2. The van der Waals surface area contributed by atoms with Crippen molar-refractivity contribution in [3.63, 3.8) is 0 Å². The molecule has 0 unspecified atom stereocenters. The number of amides is 1. The zero-order valence-corrected chi connectivity index (χ0v) is 19.3. The van der Waals surface area contributed by atoms with Gasteiger partial charge in [-0.15, -0.1) is 11.3 Å². The molecule has 1 saturated carbocycles. The topological polar surface area (TPSA) is 92.8 Å². The Labute approximate surface area is 186 Å². The quantitative estimate of drug-likeness (QED) is 0.631.